The van der Waals surface area contributed by atoms with E-state index in [1.165, 1.54) is 0 Å². The Kier molecular flexibility index (Phi) is 6.00. The maximum absolute atomic E-state index is 11.9. The maximum Gasteiger partial charge on any atom is 0.341 e. The molecule has 0 unspecified atom stereocenters. The van der Waals surface area contributed by atoms with Crippen LogP contribution >= 0.6 is 11.6 Å². The summed E-state index contributed by atoms with van der Waals surface area (Å²) in [5.41, 5.74) is 1.58. The van der Waals surface area contributed by atoms with Crippen LogP contribution in [0.1, 0.15) is 15.9 Å². The Hall–Kier alpha value is -2.53. The summed E-state index contributed by atoms with van der Waals surface area (Å²) in [6, 6.07) is 13.8. The zero-order valence-corrected chi connectivity index (χ0v) is 13.0. The highest BCUT2D eigenvalue weighted by Crippen LogP contribution is 2.12. The van der Waals surface area contributed by atoms with Gasteiger partial charge in [0.2, 0.25) is 0 Å². The number of carboxylic acid groups (broad SMARTS) is 1. The van der Waals surface area contributed by atoms with E-state index in [1.54, 1.807) is 36.4 Å². The third kappa shape index (κ3) is 5.64. The quantitative estimate of drug-likeness (QED) is 0.817. The number of amides is 1. The van der Waals surface area contributed by atoms with E-state index in [9.17, 15) is 9.59 Å². The summed E-state index contributed by atoms with van der Waals surface area (Å²) in [6.07, 6.45) is 0.665. The van der Waals surface area contributed by atoms with Crippen molar-refractivity contribution in [2.45, 2.75) is 6.42 Å². The van der Waals surface area contributed by atoms with Gasteiger partial charge in [-0.25, -0.2) is 4.79 Å². The fraction of sp³-hybridized carbons (Fsp3) is 0.176. The lowest BCUT2D eigenvalue weighted by Crippen LogP contribution is -2.25. The molecule has 6 heteroatoms. The van der Waals surface area contributed by atoms with E-state index in [0.29, 0.717) is 29.3 Å². The van der Waals surface area contributed by atoms with Gasteiger partial charge in [0.15, 0.2) is 6.61 Å². The van der Waals surface area contributed by atoms with Crippen molar-refractivity contribution in [3.05, 3.63) is 64.7 Å². The van der Waals surface area contributed by atoms with Crippen LogP contribution in [0, 0.1) is 0 Å². The van der Waals surface area contributed by atoms with Crippen LogP contribution in [0.5, 0.6) is 5.75 Å². The molecular weight excluding hydrogens is 318 g/mol. The predicted octanol–water partition coefficient (Wildman–Crippen LogP) is 2.78. The third-order valence-electron chi connectivity index (χ3n) is 3.09. The molecule has 23 heavy (non-hydrogen) atoms. The Morgan fingerprint density at radius 3 is 2.30 bits per heavy atom. The molecule has 120 valence electrons. The van der Waals surface area contributed by atoms with Crippen molar-refractivity contribution >= 4 is 23.5 Å². The summed E-state index contributed by atoms with van der Waals surface area (Å²) < 4.78 is 5.05. The van der Waals surface area contributed by atoms with Crippen molar-refractivity contribution in [1.29, 1.82) is 0 Å². The van der Waals surface area contributed by atoms with Gasteiger partial charge in [-0.2, -0.15) is 0 Å². The molecule has 2 aromatic carbocycles. The number of carbonyl (C=O) groups excluding carboxylic acids is 1. The topological polar surface area (TPSA) is 75.6 Å². The van der Waals surface area contributed by atoms with E-state index >= 15 is 0 Å². The molecule has 0 aromatic heterocycles. The van der Waals surface area contributed by atoms with Gasteiger partial charge < -0.3 is 15.2 Å². The van der Waals surface area contributed by atoms with Gasteiger partial charge in [0.1, 0.15) is 5.75 Å². The zero-order chi connectivity index (χ0) is 16.7. The molecule has 0 spiro atoms. The van der Waals surface area contributed by atoms with Crippen LogP contribution in [-0.4, -0.2) is 30.1 Å². The highest BCUT2D eigenvalue weighted by atomic mass is 35.5. The first kappa shape index (κ1) is 16.8. The number of carboxylic acids is 1. The molecule has 0 heterocycles. The normalized spacial score (nSPS) is 10.1. The lowest BCUT2D eigenvalue weighted by Gasteiger charge is -2.07. The molecule has 1 amide bonds. The highest BCUT2D eigenvalue weighted by Gasteiger charge is 2.05. The number of nitrogens with one attached hydrogen (secondary N) is 1. The first-order chi connectivity index (χ1) is 11.0. The van der Waals surface area contributed by atoms with E-state index in [0.717, 1.165) is 5.56 Å². The number of hydrogen-bond acceptors (Lipinski definition) is 3. The highest BCUT2D eigenvalue weighted by molar-refractivity contribution is 6.30. The Labute approximate surface area is 138 Å². The maximum atomic E-state index is 11.9. The number of carbonyl (C=O) groups is 2. The van der Waals surface area contributed by atoms with Crippen molar-refractivity contribution in [3.8, 4) is 5.75 Å². The molecule has 5 nitrogen and oxygen atoms in total. The SMILES string of the molecule is O=C(O)COc1ccc(CCNC(=O)c2ccc(Cl)cc2)cc1. The monoisotopic (exact) mass is 333 g/mol. The smallest absolute Gasteiger partial charge is 0.341 e. The van der Waals surface area contributed by atoms with Gasteiger partial charge >= 0.3 is 5.97 Å². The number of halogens is 1. The minimum atomic E-state index is -1.01. The molecule has 0 saturated carbocycles. The minimum Gasteiger partial charge on any atom is -0.482 e. The van der Waals surface area contributed by atoms with Crippen molar-refractivity contribution < 1.29 is 19.4 Å². The molecule has 0 radical (unpaired) electrons. The summed E-state index contributed by atoms with van der Waals surface area (Å²) in [4.78, 5) is 22.3. The second kappa shape index (κ2) is 8.19. The Morgan fingerprint density at radius 2 is 1.70 bits per heavy atom. The average Bonchev–Trinajstić information content (AvgIpc) is 2.54. The first-order valence-corrected chi connectivity index (χ1v) is 7.39. The molecule has 0 aliphatic carbocycles. The van der Waals surface area contributed by atoms with Crippen LogP contribution in [0.2, 0.25) is 5.02 Å². The lowest BCUT2D eigenvalue weighted by atomic mass is 10.1. The molecule has 2 aromatic rings. The molecule has 0 bridgehead atoms. The molecule has 0 saturated heterocycles. The van der Waals surface area contributed by atoms with Gasteiger partial charge in [-0.1, -0.05) is 23.7 Å². The number of rotatable bonds is 7. The first-order valence-electron chi connectivity index (χ1n) is 7.02. The lowest BCUT2D eigenvalue weighted by molar-refractivity contribution is -0.139. The van der Waals surface area contributed by atoms with E-state index in [2.05, 4.69) is 5.32 Å². The van der Waals surface area contributed by atoms with Gasteiger partial charge in [-0.3, -0.25) is 4.79 Å². The van der Waals surface area contributed by atoms with Crippen molar-refractivity contribution in [1.82, 2.24) is 5.32 Å². The number of ether oxygens (including phenoxy) is 1. The molecule has 0 atom stereocenters. The fourth-order valence-corrected chi connectivity index (χ4v) is 2.05. The Bertz CT molecular complexity index is 668. The van der Waals surface area contributed by atoms with E-state index in [-0.39, 0.29) is 12.5 Å². The van der Waals surface area contributed by atoms with Crippen LogP contribution in [0.15, 0.2) is 48.5 Å². The largest absolute Gasteiger partial charge is 0.482 e. The summed E-state index contributed by atoms with van der Waals surface area (Å²) in [5.74, 6) is -0.664. The molecule has 2 N–H and O–H groups in total. The van der Waals surface area contributed by atoms with Crippen LogP contribution in [0.3, 0.4) is 0 Å². The minimum absolute atomic E-state index is 0.150. The Morgan fingerprint density at radius 1 is 1.04 bits per heavy atom. The number of hydrogen-bond donors (Lipinski definition) is 2. The van der Waals surface area contributed by atoms with Crippen LogP contribution in [0.4, 0.5) is 0 Å². The summed E-state index contributed by atoms with van der Waals surface area (Å²) in [7, 11) is 0. The Balaban J connectivity index is 1.78. The second-order valence-corrected chi connectivity index (χ2v) is 5.28. The molecule has 0 fully saturated rings. The molecule has 0 aliphatic heterocycles. The van der Waals surface area contributed by atoms with E-state index in [4.69, 9.17) is 21.4 Å². The van der Waals surface area contributed by atoms with Crippen LogP contribution in [0.25, 0.3) is 0 Å². The fourth-order valence-electron chi connectivity index (χ4n) is 1.92. The van der Waals surface area contributed by atoms with Crippen molar-refractivity contribution in [3.63, 3.8) is 0 Å². The molecule has 0 aliphatic rings. The average molecular weight is 334 g/mol. The number of benzene rings is 2. The van der Waals surface area contributed by atoms with Gasteiger partial charge in [-0.05, 0) is 48.4 Å². The summed E-state index contributed by atoms with van der Waals surface area (Å²) in [6.45, 7) is 0.132. The second-order valence-electron chi connectivity index (χ2n) is 4.84. The molecular formula is C17H16ClNO4. The van der Waals surface area contributed by atoms with Crippen molar-refractivity contribution in [2.75, 3.05) is 13.2 Å². The zero-order valence-electron chi connectivity index (χ0n) is 12.3. The number of aliphatic carboxylic acids is 1. The third-order valence-corrected chi connectivity index (χ3v) is 3.34. The van der Waals surface area contributed by atoms with Gasteiger partial charge in [-0.15, -0.1) is 0 Å². The van der Waals surface area contributed by atoms with E-state index in [1.807, 2.05) is 12.1 Å². The van der Waals surface area contributed by atoms with Crippen LogP contribution in [-0.2, 0) is 11.2 Å². The van der Waals surface area contributed by atoms with Crippen LogP contribution < -0.4 is 10.1 Å². The molecule has 2 rings (SSSR count). The van der Waals surface area contributed by atoms with Gasteiger partial charge in [0.05, 0.1) is 0 Å². The van der Waals surface area contributed by atoms with Crippen molar-refractivity contribution in [2.24, 2.45) is 0 Å². The predicted molar refractivity (Wildman–Crippen MR) is 87.1 cm³/mol. The van der Waals surface area contributed by atoms with E-state index < -0.39 is 5.97 Å². The summed E-state index contributed by atoms with van der Waals surface area (Å²) >= 11 is 5.78. The summed E-state index contributed by atoms with van der Waals surface area (Å²) in [5, 5.41) is 12.0. The standard InChI is InChI=1S/C17H16ClNO4/c18-14-5-3-13(4-6-14)17(22)19-10-9-12-1-7-15(8-2-12)23-11-16(20)21/h1-8H,9-11H2,(H,19,22)(H,20,21). The van der Waals surface area contributed by atoms with Gasteiger partial charge in [0, 0.05) is 17.1 Å². The van der Waals surface area contributed by atoms with Gasteiger partial charge in [0.25, 0.3) is 5.91 Å².